The van der Waals surface area contributed by atoms with E-state index in [2.05, 4.69) is 12.1 Å². The maximum atomic E-state index is 5.69. The lowest BCUT2D eigenvalue weighted by Gasteiger charge is -2.32. The maximum absolute atomic E-state index is 5.69. The van der Waals surface area contributed by atoms with E-state index in [0.29, 0.717) is 29.3 Å². The molecule has 1 aromatic carbocycles. The Hall–Kier alpha value is -0.683. The van der Waals surface area contributed by atoms with Gasteiger partial charge in [0.2, 0.25) is 0 Å². The Morgan fingerprint density at radius 3 is 1.83 bits per heavy atom. The maximum Gasteiger partial charge on any atom is 0.280 e. The summed E-state index contributed by atoms with van der Waals surface area (Å²) in [6.45, 7) is 7.62. The van der Waals surface area contributed by atoms with Crippen LogP contribution in [0.15, 0.2) is 30.3 Å². The monoisotopic (exact) mass is 266 g/mol. The predicted molar refractivity (Wildman–Crippen MR) is 74.2 cm³/mol. The lowest BCUT2D eigenvalue weighted by Crippen LogP contribution is -2.42. The summed E-state index contributed by atoms with van der Waals surface area (Å²) in [7, 11) is 0.610. The summed E-state index contributed by atoms with van der Waals surface area (Å²) in [6, 6.07) is 11.1. The van der Waals surface area contributed by atoms with Crippen molar-refractivity contribution in [3.63, 3.8) is 0 Å². The topological polar surface area (TPSA) is 27.7 Å². The van der Waals surface area contributed by atoms with Gasteiger partial charge in [0.05, 0.1) is 9.52 Å². The molecule has 0 saturated carbocycles. The van der Waals surface area contributed by atoms with Gasteiger partial charge in [-0.25, -0.2) is 0 Å². The predicted octanol–water partition coefficient (Wildman–Crippen LogP) is 2.20. The fourth-order valence-corrected chi connectivity index (χ4v) is 2.86. The average Bonchev–Trinajstić information content (AvgIpc) is 2.39. The Bertz CT molecular complexity index is 299. The number of hydrogen-bond donors (Lipinski definition) is 0. The molecule has 0 unspecified atom stereocenters. The SMILES string of the molecule is CCOC(C[Si]c1ccccc1)(OCC)OCC. The van der Waals surface area contributed by atoms with Gasteiger partial charge in [0.1, 0.15) is 0 Å². The summed E-state index contributed by atoms with van der Waals surface area (Å²) in [5, 5.41) is 1.29. The van der Waals surface area contributed by atoms with E-state index in [1.165, 1.54) is 5.19 Å². The smallest absolute Gasteiger partial charge is 0.280 e. The Labute approximate surface area is 112 Å². The van der Waals surface area contributed by atoms with Crippen LogP contribution < -0.4 is 5.19 Å². The number of rotatable bonds is 9. The summed E-state index contributed by atoms with van der Waals surface area (Å²) in [5.41, 5.74) is 0. The van der Waals surface area contributed by atoms with Crippen LogP contribution >= 0.6 is 0 Å². The first-order valence-corrected chi connectivity index (χ1v) is 7.67. The van der Waals surface area contributed by atoms with Gasteiger partial charge < -0.3 is 14.2 Å². The lowest BCUT2D eigenvalue weighted by atomic mass is 10.4. The van der Waals surface area contributed by atoms with Gasteiger partial charge in [-0.3, -0.25) is 0 Å². The van der Waals surface area contributed by atoms with Crippen LogP contribution in [0.1, 0.15) is 20.8 Å². The van der Waals surface area contributed by atoms with Crippen molar-refractivity contribution in [2.24, 2.45) is 0 Å². The third-order valence-electron chi connectivity index (χ3n) is 2.38. The van der Waals surface area contributed by atoms with Crippen LogP contribution in [0.5, 0.6) is 0 Å². The Balaban J connectivity index is 2.64. The molecule has 2 radical (unpaired) electrons. The molecule has 4 heteroatoms. The van der Waals surface area contributed by atoms with Crippen molar-refractivity contribution in [2.75, 3.05) is 19.8 Å². The number of hydrogen-bond acceptors (Lipinski definition) is 3. The molecule has 0 saturated heterocycles. The molecule has 100 valence electrons. The fraction of sp³-hybridized carbons (Fsp3) is 0.571. The van der Waals surface area contributed by atoms with E-state index < -0.39 is 5.97 Å². The third kappa shape index (κ3) is 4.90. The van der Waals surface area contributed by atoms with Gasteiger partial charge in [-0.2, -0.15) is 0 Å². The zero-order valence-corrected chi connectivity index (χ0v) is 12.4. The molecule has 18 heavy (non-hydrogen) atoms. The Morgan fingerprint density at radius 2 is 1.39 bits per heavy atom. The number of ether oxygens (including phenoxy) is 3. The van der Waals surface area contributed by atoms with Gasteiger partial charge in [-0.05, 0) is 20.8 Å². The molecule has 0 heterocycles. The quantitative estimate of drug-likeness (QED) is 0.506. The van der Waals surface area contributed by atoms with E-state index in [0.717, 1.165) is 6.04 Å². The minimum absolute atomic E-state index is 0.583. The first-order chi connectivity index (χ1) is 8.76. The van der Waals surface area contributed by atoms with Crippen molar-refractivity contribution in [2.45, 2.75) is 32.8 Å². The largest absolute Gasteiger partial charge is 0.328 e. The lowest BCUT2D eigenvalue weighted by molar-refractivity contribution is -0.365. The molecule has 1 aromatic rings. The average molecular weight is 266 g/mol. The van der Waals surface area contributed by atoms with Gasteiger partial charge in [0.25, 0.3) is 5.97 Å². The van der Waals surface area contributed by atoms with E-state index in [9.17, 15) is 0 Å². The van der Waals surface area contributed by atoms with Crippen molar-refractivity contribution in [3.8, 4) is 0 Å². The zero-order valence-electron chi connectivity index (χ0n) is 11.4. The molecule has 0 bridgehead atoms. The van der Waals surface area contributed by atoms with Gasteiger partial charge in [0.15, 0.2) is 0 Å². The van der Waals surface area contributed by atoms with Crippen LogP contribution in [-0.2, 0) is 14.2 Å². The molecule has 0 atom stereocenters. The van der Waals surface area contributed by atoms with E-state index in [4.69, 9.17) is 14.2 Å². The first kappa shape index (κ1) is 15.4. The molecular formula is C14H22O3Si. The third-order valence-corrected chi connectivity index (χ3v) is 3.73. The summed E-state index contributed by atoms with van der Waals surface area (Å²) in [6.07, 6.45) is 0. The molecular weight excluding hydrogens is 244 g/mol. The standard InChI is InChI=1S/C14H22O3Si/c1-4-15-14(16-5-2,17-6-3)12-18-13-10-8-7-9-11-13/h7-11H,4-6,12H2,1-3H3. The molecule has 0 aliphatic carbocycles. The van der Waals surface area contributed by atoms with E-state index >= 15 is 0 Å². The highest BCUT2D eigenvalue weighted by molar-refractivity contribution is 6.53. The second-order valence-electron chi connectivity index (χ2n) is 3.70. The van der Waals surface area contributed by atoms with Crippen molar-refractivity contribution < 1.29 is 14.2 Å². The van der Waals surface area contributed by atoms with Crippen LogP contribution in [0.25, 0.3) is 0 Å². The number of benzene rings is 1. The summed E-state index contributed by atoms with van der Waals surface area (Å²) < 4.78 is 17.1. The van der Waals surface area contributed by atoms with E-state index in [1.807, 2.05) is 39.0 Å². The van der Waals surface area contributed by atoms with Crippen molar-refractivity contribution in [1.82, 2.24) is 0 Å². The molecule has 0 fully saturated rings. The van der Waals surface area contributed by atoms with Crippen molar-refractivity contribution in [3.05, 3.63) is 30.3 Å². The van der Waals surface area contributed by atoms with E-state index in [1.54, 1.807) is 0 Å². The highest BCUT2D eigenvalue weighted by Crippen LogP contribution is 2.20. The molecule has 3 nitrogen and oxygen atoms in total. The molecule has 0 amide bonds. The van der Waals surface area contributed by atoms with E-state index in [-0.39, 0.29) is 0 Å². The minimum atomic E-state index is -0.882. The highest BCUT2D eigenvalue weighted by atomic mass is 28.2. The molecule has 0 aromatic heterocycles. The minimum Gasteiger partial charge on any atom is -0.328 e. The van der Waals surface area contributed by atoms with Crippen LogP contribution in [0.2, 0.25) is 6.04 Å². The van der Waals surface area contributed by atoms with Gasteiger partial charge >= 0.3 is 0 Å². The highest BCUT2D eigenvalue weighted by Gasteiger charge is 2.32. The first-order valence-electron chi connectivity index (χ1n) is 6.47. The fourth-order valence-electron chi connectivity index (χ4n) is 1.70. The van der Waals surface area contributed by atoms with Gasteiger partial charge in [0, 0.05) is 25.9 Å². The van der Waals surface area contributed by atoms with Crippen molar-refractivity contribution >= 4 is 14.7 Å². The van der Waals surface area contributed by atoms with Crippen LogP contribution in [0.3, 0.4) is 0 Å². The van der Waals surface area contributed by atoms with Gasteiger partial charge in [-0.1, -0.05) is 35.5 Å². The Morgan fingerprint density at radius 1 is 0.889 bits per heavy atom. The van der Waals surface area contributed by atoms with Crippen LogP contribution in [0, 0.1) is 0 Å². The normalized spacial score (nSPS) is 11.7. The van der Waals surface area contributed by atoms with Crippen LogP contribution in [0.4, 0.5) is 0 Å². The second-order valence-corrected chi connectivity index (χ2v) is 4.99. The molecule has 0 N–H and O–H groups in total. The summed E-state index contributed by atoms with van der Waals surface area (Å²) >= 11 is 0. The second kappa shape index (κ2) is 8.42. The zero-order chi connectivity index (χ0) is 13.3. The summed E-state index contributed by atoms with van der Waals surface area (Å²) in [4.78, 5) is 0. The molecule has 0 spiro atoms. The molecule has 0 aliphatic heterocycles. The summed E-state index contributed by atoms with van der Waals surface area (Å²) in [5.74, 6) is -0.882. The van der Waals surface area contributed by atoms with Crippen LogP contribution in [-0.4, -0.2) is 35.3 Å². The Kier molecular flexibility index (Phi) is 7.20. The van der Waals surface area contributed by atoms with Crippen molar-refractivity contribution in [1.29, 1.82) is 0 Å². The molecule has 0 aliphatic rings. The molecule has 1 rings (SSSR count). The van der Waals surface area contributed by atoms with Gasteiger partial charge in [-0.15, -0.1) is 0 Å².